The lowest BCUT2D eigenvalue weighted by atomic mass is 9.96. The maximum absolute atomic E-state index is 12.4. The second-order valence-electron chi connectivity index (χ2n) is 13.5. The maximum atomic E-state index is 12.4. The highest BCUT2D eigenvalue weighted by molar-refractivity contribution is 5.77. The van der Waals surface area contributed by atoms with Gasteiger partial charge in [-0.3, -0.25) is 15.0 Å². The largest absolute Gasteiger partial charge is 0.394 e. The zero-order chi connectivity index (χ0) is 40.7. The van der Waals surface area contributed by atoms with E-state index in [1.165, 1.54) is 0 Å². The Morgan fingerprint density at radius 2 is 1.24 bits per heavy atom. The predicted molar refractivity (Wildman–Crippen MR) is 180 cm³/mol. The smallest absolute Gasteiger partial charge is 0.234 e. The number of aliphatic hydroxyl groups is 10. The fourth-order valence-electron chi connectivity index (χ4n) is 6.01. The molecule has 0 aromatic heterocycles. The quantitative estimate of drug-likeness (QED) is 0.0259. The minimum Gasteiger partial charge on any atom is -0.394 e. The van der Waals surface area contributed by atoms with Gasteiger partial charge in [0.05, 0.1) is 32.5 Å². The van der Waals surface area contributed by atoms with E-state index in [-0.39, 0.29) is 37.8 Å². The van der Waals surface area contributed by atoms with Crippen molar-refractivity contribution in [1.29, 1.82) is 0 Å². The van der Waals surface area contributed by atoms with Crippen molar-refractivity contribution < 1.29 is 93.9 Å². The third-order valence-corrected chi connectivity index (χ3v) is 9.35. The van der Waals surface area contributed by atoms with Crippen molar-refractivity contribution in [3.63, 3.8) is 0 Å². The normalized spacial score (nSPS) is 37.3. The van der Waals surface area contributed by atoms with Gasteiger partial charge < -0.3 is 95.3 Å². The molecule has 0 aromatic rings. The Morgan fingerprint density at radius 1 is 0.673 bits per heavy atom. The molecule has 23 nitrogen and oxygen atoms in total. The Hall–Kier alpha value is -2.11. The minimum atomic E-state index is -1.91. The van der Waals surface area contributed by atoms with Gasteiger partial charge in [0.1, 0.15) is 79.5 Å². The van der Waals surface area contributed by atoms with Crippen molar-refractivity contribution in [3.05, 3.63) is 0 Å². The number of hydrogen-bond acceptors (Lipinski definition) is 21. The number of carbonyl (C=O) groups is 3. The monoisotopic (exact) mass is 802 g/mol. The van der Waals surface area contributed by atoms with Crippen LogP contribution in [0.3, 0.4) is 0 Å². The number of hydrogen-bond donors (Lipinski definition) is 14. The second kappa shape index (κ2) is 24.0. The number of ether oxygens (including phenoxy) is 6. The Labute approximate surface area is 316 Å². The first kappa shape index (κ1) is 47.3. The van der Waals surface area contributed by atoms with Crippen LogP contribution < -0.4 is 21.9 Å². The lowest BCUT2D eigenvalue weighted by molar-refractivity contribution is -0.366. The number of nitrogens with two attached hydrogens (primary N) is 1. The summed E-state index contributed by atoms with van der Waals surface area (Å²) in [4.78, 5) is 35.6. The van der Waals surface area contributed by atoms with Crippen molar-refractivity contribution in [2.45, 2.75) is 143 Å². The number of nitrogens with one attached hydrogen (secondary N) is 3. The molecule has 3 saturated heterocycles. The fraction of sp³-hybridized carbons (Fsp3) is 0.906. The molecule has 0 spiro atoms. The van der Waals surface area contributed by atoms with Crippen LogP contribution in [0.25, 0.3) is 0 Å². The Bertz CT molecular complexity index is 1140. The fourth-order valence-corrected chi connectivity index (χ4v) is 6.01. The van der Waals surface area contributed by atoms with Gasteiger partial charge in [0, 0.05) is 19.4 Å². The molecule has 3 aliphatic heterocycles. The summed E-state index contributed by atoms with van der Waals surface area (Å²) in [7, 11) is 0. The minimum absolute atomic E-state index is 0.0673. The standard InChI is InChI=1S/C32H58N4O19/c33-8-4-3-5-15(11-37)35-36-20(41)7-2-1-6-19(40)34-9-10-50-31-28(49)29(55-32-27(48)25(46)22(43)17(13-39)53-32)23(44)18(54-31)14-51-30-26(47)24(45)21(42)16(12-38)52-30/h11,15-18,21-32,35,38-39,42-49H,1-10,12-14,33H2,(H,34,40)(H,36,41)/t15-,16+,17+,18+,21+,22+,23+,24-,25-,26-,27-,28+,29-,30-,31+,32+/m0/s1. The molecule has 0 aliphatic carbocycles. The van der Waals surface area contributed by atoms with Gasteiger partial charge in [0.25, 0.3) is 0 Å². The summed E-state index contributed by atoms with van der Waals surface area (Å²) in [6, 6.07) is -0.537. The highest BCUT2D eigenvalue weighted by Gasteiger charge is 2.52. The first-order valence-corrected chi connectivity index (χ1v) is 18.3. The summed E-state index contributed by atoms with van der Waals surface area (Å²) >= 11 is 0. The molecule has 3 fully saturated rings. The highest BCUT2D eigenvalue weighted by Crippen LogP contribution is 2.31. The molecule has 16 atom stereocenters. The summed E-state index contributed by atoms with van der Waals surface area (Å²) in [6.45, 7) is -2.00. The Morgan fingerprint density at radius 3 is 1.84 bits per heavy atom. The van der Waals surface area contributed by atoms with Gasteiger partial charge in [-0.25, -0.2) is 5.43 Å². The van der Waals surface area contributed by atoms with Crippen LogP contribution in [0.5, 0.6) is 0 Å². The molecule has 3 aliphatic rings. The first-order valence-electron chi connectivity index (χ1n) is 18.3. The molecule has 15 N–H and O–H groups in total. The summed E-state index contributed by atoms with van der Waals surface area (Å²) in [5, 5.41) is 105. The van der Waals surface area contributed by atoms with Gasteiger partial charge in [0.2, 0.25) is 11.8 Å². The van der Waals surface area contributed by atoms with Crippen LogP contribution in [0, 0.1) is 0 Å². The molecule has 320 valence electrons. The van der Waals surface area contributed by atoms with E-state index >= 15 is 0 Å². The van der Waals surface area contributed by atoms with E-state index in [0.717, 1.165) is 12.8 Å². The summed E-state index contributed by atoms with van der Waals surface area (Å²) in [5.74, 6) is -0.723. The molecule has 0 bridgehead atoms. The molecule has 23 heteroatoms. The van der Waals surface area contributed by atoms with Crippen LogP contribution in [0.2, 0.25) is 0 Å². The molecule has 0 radical (unpaired) electrons. The third kappa shape index (κ3) is 13.8. The zero-order valence-electron chi connectivity index (χ0n) is 30.2. The van der Waals surface area contributed by atoms with Crippen molar-refractivity contribution in [2.75, 3.05) is 39.5 Å². The van der Waals surface area contributed by atoms with Crippen LogP contribution in [0.15, 0.2) is 0 Å². The molecule has 3 rings (SSSR count). The summed E-state index contributed by atoms with van der Waals surface area (Å²) in [5.41, 5.74) is 10.6. The van der Waals surface area contributed by atoms with E-state index in [9.17, 15) is 65.4 Å². The predicted octanol–water partition coefficient (Wildman–Crippen LogP) is -7.55. The molecule has 0 unspecified atom stereocenters. The third-order valence-electron chi connectivity index (χ3n) is 9.35. The molecular formula is C32H58N4O19. The Balaban J connectivity index is 1.53. The first-order chi connectivity index (χ1) is 26.3. The second-order valence-corrected chi connectivity index (χ2v) is 13.5. The molecule has 2 amide bonds. The lowest BCUT2D eigenvalue weighted by Crippen LogP contribution is -2.65. The van der Waals surface area contributed by atoms with Gasteiger partial charge in [-0.15, -0.1) is 0 Å². The van der Waals surface area contributed by atoms with Crippen LogP contribution in [-0.4, -0.2) is 207 Å². The van der Waals surface area contributed by atoms with Gasteiger partial charge in [0.15, 0.2) is 18.9 Å². The van der Waals surface area contributed by atoms with Crippen molar-refractivity contribution >= 4 is 18.1 Å². The summed E-state index contributed by atoms with van der Waals surface area (Å²) < 4.78 is 33.2. The number of aliphatic hydroxyl groups excluding tert-OH is 10. The molecule has 55 heavy (non-hydrogen) atoms. The topological polar surface area (TPSA) is 371 Å². The molecular weight excluding hydrogens is 744 g/mol. The average molecular weight is 803 g/mol. The SMILES string of the molecule is NCCCC[C@@H](C=O)NNC(=O)CCCCC(=O)NCCO[C@@H]1O[C@H](CO[C@H]2O[C@H](CO)[C@@H](O)[C@H](O)[C@@H]2O)[C@@H](O)[C@H](O[C@H]2O[C@H](CO)[C@@H](O)[C@H](O)[C@@H]2O)[C@H]1O. The maximum Gasteiger partial charge on any atom is 0.234 e. The number of carbonyl (C=O) groups excluding carboxylic acids is 3. The number of unbranched alkanes of at least 4 members (excludes halogenated alkanes) is 2. The lowest BCUT2D eigenvalue weighted by Gasteiger charge is -2.46. The van der Waals surface area contributed by atoms with Crippen molar-refractivity contribution in [1.82, 2.24) is 16.2 Å². The number of rotatable bonds is 23. The van der Waals surface area contributed by atoms with Gasteiger partial charge in [-0.2, -0.15) is 0 Å². The van der Waals surface area contributed by atoms with Crippen LogP contribution in [-0.2, 0) is 42.8 Å². The number of aldehydes is 1. The molecule has 3 heterocycles. The van der Waals surface area contributed by atoms with Crippen LogP contribution in [0.1, 0.15) is 44.9 Å². The van der Waals surface area contributed by atoms with Gasteiger partial charge in [-0.1, -0.05) is 6.42 Å². The van der Waals surface area contributed by atoms with E-state index in [1.807, 2.05) is 0 Å². The molecule has 0 aromatic carbocycles. The number of amides is 2. The van der Waals surface area contributed by atoms with E-state index in [1.54, 1.807) is 0 Å². The zero-order valence-corrected chi connectivity index (χ0v) is 30.2. The van der Waals surface area contributed by atoms with Gasteiger partial charge in [-0.05, 0) is 32.2 Å². The number of hydrazine groups is 1. The van der Waals surface area contributed by atoms with Crippen LogP contribution in [0.4, 0.5) is 0 Å². The summed E-state index contributed by atoms with van der Waals surface area (Å²) in [6.07, 6.45) is -21.6. The van der Waals surface area contributed by atoms with E-state index in [0.29, 0.717) is 32.1 Å². The average Bonchev–Trinajstić information content (AvgIpc) is 3.17. The van der Waals surface area contributed by atoms with E-state index in [4.69, 9.17) is 34.2 Å². The van der Waals surface area contributed by atoms with Crippen molar-refractivity contribution in [3.8, 4) is 0 Å². The van der Waals surface area contributed by atoms with Crippen LogP contribution >= 0.6 is 0 Å². The highest BCUT2D eigenvalue weighted by atomic mass is 16.7. The molecule has 0 saturated carbocycles. The van der Waals surface area contributed by atoms with Gasteiger partial charge >= 0.3 is 0 Å². The van der Waals surface area contributed by atoms with E-state index < -0.39 is 118 Å². The van der Waals surface area contributed by atoms with Crippen molar-refractivity contribution in [2.24, 2.45) is 5.73 Å². The Kier molecular flexibility index (Phi) is 20.6. The van der Waals surface area contributed by atoms with E-state index in [2.05, 4.69) is 16.2 Å².